The van der Waals surface area contributed by atoms with Gasteiger partial charge in [-0.25, -0.2) is 24.9 Å². The molecule has 1 atom stereocenters. The number of nitrogens with zero attached hydrogens (tertiary/aromatic N) is 5. The highest BCUT2D eigenvalue weighted by Crippen LogP contribution is 2.31. The van der Waals surface area contributed by atoms with Crippen LogP contribution in [0.25, 0.3) is 66.8 Å². The van der Waals surface area contributed by atoms with E-state index in [0.717, 1.165) is 127 Å². The molecule has 18 bridgehead atoms. The van der Waals surface area contributed by atoms with Gasteiger partial charge >= 0.3 is 0 Å². The molecular weight excluding hydrogens is 1220 g/mol. The van der Waals surface area contributed by atoms with E-state index < -0.39 is 0 Å². The Bertz CT molecular complexity index is 3890. The van der Waals surface area contributed by atoms with Gasteiger partial charge in [-0.2, -0.15) is 0 Å². The molecule has 20 rings (SSSR count). The van der Waals surface area contributed by atoms with Gasteiger partial charge < -0.3 is 66.3 Å². The van der Waals surface area contributed by atoms with Crippen LogP contribution < -0.4 is 37.9 Å². The molecule has 5 aromatic heterocycles. The van der Waals surface area contributed by atoms with Crippen LogP contribution in [0.15, 0.2) is 188 Å². The Morgan fingerprint density at radius 3 is 0.948 bits per heavy atom. The van der Waals surface area contributed by atoms with Gasteiger partial charge in [0, 0.05) is 57.6 Å². The topological polar surface area (TPSA) is 194 Å². The monoisotopic (exact) mass is 1300 g/mol. The van der Waals surface area contributed by atoms with Crippen LogP contribution in [0.5, 0.6) is 46.3 Å². The zero-order chi connectivity index (χ0) is 65.5. The molecule has 5 aromatic carbocycles. The molecule has 19 nitrogen and oxygen atoms in total. The summed E-state index contributed by atoms with van der Waals surface area (Å²) in [6.07, 6.45) is 7.61. The second-order valence-corrected chi connectivity index (χ2v) is 22.6. The van der Waals surface area contributed by atoms with E-state index in [0.29, 0.717) is 150 Å². The van der Waals surface area contributed by atoms with Gasteiger partial charge in [0.25, 0.3) is 0 Å². The van der Waals surface area contributed by atoms with Crippen molar-refractivity contribution in [1.29, 1.82) is 0 Å². The Labute approximate surface area is 560 Å². The number of hydrogen-bond donors (Lipinski definition) is 0. The number of ether oxygens (including phenoxy) is 14. The van der Waals surface area contributed by atoms with Crippen molar-refractivity contribution in [1.82, 2.24) is 24.9 Å². The van der Waals surface area contributed by atoms with E-state index in [2.05, 4.69) is 41.2 Å². The summed E-state index contributed by atoms with van der Waals surface area (Å²) < 4.78 is 81.8. The fourth-order valence-corrected chi connectivity index (χ4v) is 10.3. The molecule has 0 saturated carbocycles. The molecule has 0 N–H and O–H groups in total. The Morgan fingerprint density at radius 2 is 0.573 bits per heavy atom. The normalized spacial score (nSPS) is 16.7. The number of pyridine rings is 5. The summed E-state index contributed by atoms with van der Waals surface area (Å²) in [5.41, 5.74) is 8.67. The molecule has 0 unspecified atom stereocenters. The predicted molar refractivity (Wildman–Crippen MR) is 368 cm³/mol. The Hall–Kier alpha value is -9.47. The molecule has 0 saturated heterocycles. The molecule has 0 radical (unpaired) electrons. The molecule has 19 heteroatoms. The molecule has 0 aliphatic carbocycles. The van der Waals surface area contributed by atoms with Crippen molar-refractivity contribution in [2.45, 2.75) is 32.6 Å². The molecule has 96 heavy (non-hydrogen) atoms. The third kappa shape index (κ3) is 21.8. The van der Waals surface area contributed by atoms with Gasteiger partial charge in [-0.3, -0.25) is 0 Å². The fraction of sp³-hybridized carbons (Fsp3) is 0.338. The van der Waals surface area contributed by atoms with Crippen molar-refractivity contribution in [3.63, 3.8) is 0 Å². The van der Waals surface area contributed by atoms with Gasteiger partial charge in [0.05, 0.1) is 126 Å². The van der Waals surface area contributed by atoms with Gasteiger partial charge in [-0.05, 0) is 159 Å². The van der Waals surface area contributed by atoms with E-state index in [1.165, 1.54) is 0 Å². The van der Waals surface area contributed by atoms with Crippen molar-refractivity contribution in [3.05, 3.63) is 188 Å². The minimum atomic E-state index is 0.353. The highest BCUT2D eigenvalue weighted by molar-refractivity contribution is 6.04. The van der Waals surface area contributed by atoms with Crippen LogP contribution in [0.4, 0.5) is 0 Å². The maximum Gasteiger partial charge on any atom is 0.213 e. The quantitative estimate of drug-likeness (QED) is 0.130. The van der Waals surface area contributed by atoms with Gasteiger partial charge in [0.2, 0.25) is 11.8 Å². The maximum absolute atomic E-state index is 6.04. The minimum Gasteiger partial charge on any atom is -0.494 e. The molecule has 0 spiro atoms. The van der Waals surface area contributed by atoms with Crippen molar-refractivity contribution in [3.8, 4) is 91.3 Å². The Balaban J connectivity index is 0.608. The summed E-state index contributed by atoms with van der Waals surface area (Å²) in [6.45, 7) is 11.1. The second-order valence-electron chi connectivity index (χ2n) is 22.6. The Morgan fingerprint density at radius 1 is 0.260 bits per heavy atom. The highest BCUT2D eigenvalue weighted by Gasteiger charge is 2.13. The summed E-state index contributed by atoms with van der Waals surface area (Å²) in [6, 6.07) is 57.1. The molecule has 10 aliphatic rings. The van der Waals surface area contributed by atoms with Crippen molar-refractivity contribution < 1.29 is 66.3 Å². The van der Waals surface area contributed by atoms with Crippen LogP contribution in [0.3, 0.4) is 0 Å². The summed E-state index contributed by atoms with van der Waals surface area (Å²) in [4.78, 5) is 24.2. The number of hydrogen-bond acceptors (Lipinski definition) is 19. The predicted octanol–water partition coefficient (Wildman–Crippen LogP) is 14.1. The minimum absolute atomic E-state index is 0.353. The molecule has 10 aliphatic heterocycles. The number of aromatic nitrogens is 5. The summed E-state index contributed by atoms with van der Waals surface area (Å²) in [7, 11) is 0. The molecule has 0 amide bonds. The van der Waals surface area contributed by atoms with Crippen molar-refractivity contribution in [2.75, 3.05) is 132 Å². The smallest absolute Gasteiger partial charge is 0.213 e. The lowest BCUT2D eigenvalue weighted by Gasteiger charge is -2.13. The van der Waals surface area contributed by atoms with E-state index in [1.807, 2.05) is 152 Å². The largest absolute Gasteiger partial charge is 0.494 e. The lowest BCUT2D eigenvalue weighted by atomic mass is 10.0. The van der Waals surface area contributed by atoms with Crippen LogP contribution in [0.2, 0.25) is 0 Å². The van der Waals surface area contributed by atoms with Gasteiger partial charge in [-0.15, -0.1) is 0 Å². The van der Waals surface area contributed by atoms with E-state index in [1.54, 1.807) is 12.4 Å². The average molecular weight is 1300 g/mol. The first-order chi connectivity index (χ1) is 47.5. The summed E-state index contributed by atoms with van der Waals surface area (Å²) >= 11 is 0. The zero-order valence-electron chi connectivity index (χ0n) is 54.4. The maximum atomic E-state index is 6.04. The first-order valence-electron chi connectivity index (χ1n) is 33.0. The van der Waals surface area contributed by atoms with E-state index in [4.69, 9.17) is 81.3 Å². The van der Waals surface area contributed by atoms with Crippen LogP contribution in [-0.4, -0.2) is 157 Å². The summed E-state index contributed by atoms with van der Waals surface area (Å²) in [5, 5.41) is 2.03. The SMILES string of the molecule is C[C@H]1CCCCOc2ccc(cc2)OCCOCCOCCOc2ccc(cc2)-c2ccc3ccc4ccc(nc4c3n2)-c2ccc(cc2)OCCOCCOCCOc2ccc(cc2)OCCOCCOCCOc2ccc(cn2)-c2cccc(n2)-c2ccc(nc2)OCC1. The first-order valence-corrected chi connectivity index (χ1v) is 33.0. The van der Waals surface area contributed by atoms with Gasteiger partial charge in [0.15, 0.2) is 0 Å². The second kappa shape index (κ2) is 37.6. The third-order valence-corrected chi connectivity index (χ3v) is 15.6. The fourth-order valence-electron chi connectivity index (χ4n) is 10.3. The van der Waals surface area contributed by atoms with E-state index in [-0.39, 0.29) is 0 Å². The molecule has 10 aromatic rings. The molecule has 500 valence electrons. The lowest BCUT2D eigenvalue weighted by molar-refractivity contribution is 0.0268. The Kier molecular flexibility index (Phi) is 26.6. The zero-order valence-corrected chi connectivity index (χ0v) is 54.4. The first kappa shape index (κ1) is 67.9. The van der Waals surface area contributed by atoms with Gasteiger partial charge in [0.1, 0.15) is 74.1 Å². The van der Waals surface area contributed by atoms with Crippen LogP contribution in [-0.2, 0) is 28.4 Å². The van der Waals surface area contributed by atoms with Crippen LogP contribution in [0.1, 0.15) is 32.6 Å². The molecule has 0 fully saturated rings. The number of rotatable bonds is 0. The molecular formula is C77H83N5O14. The lowest BCUT2D eigenvalue weighted by Crippen LogP contribution is -2.14. The van der Waals surface area contributed by atoms with Crippen LogP contribution >= 0.6 is 0 Å². The van der Waals surface area contributed by atoms with E-state index in [9.17, 15) is 0 Å². The van der Waals surface area contributed by atoms with E-state index >= 15 is 0 Å². The summed E-state index contributed by atoms with van der Waals surface area (Å²) in [5.74, 6) is 6.13. The average Bonchev–Trinajstić information content (AvgIpc) is 0.780. The highest BCUT2D eigenvalue weighted by atomic mass is 16.6. The molecule has 15 heterocycles. The third-order valence-electron chi connectivity index (χ3n) is 15.6. The number of benzene rings is 5. The van der Waals surface area contributed by atoms with Crippen LogP contribution in [0, 0.1) is 5.92 Å². The van der Waals surface area contributed by atoms with Crippen molar-refractivity contribution in [2.24, 2.45) is 5.92 Å². The van der Waals surface area contributed by atoms with Crippen molar-refractivity contribution >= 4 is 21.8 Å². The van der Waals surface area contributed by atoms with Gasteiger partial charge in [-0.1, -0.05) is 43.7 Å². The standard InChI is InChI=1S/C77H83N5O14/c1-57-5-2-3-35-89-66-22-24-67(25-23-66)92-51-45-85-39-37-83-43-49-90-64-18-10-58(11-19-64)72-30-14-60-8-9-61-15-31-73(82-77(61)76(60)81-72)59-12-20-65(21-13-59)91-50-44-84-38-40-86-46-52-93-68-26-28-69(29-27-68)94-53-47-87-41-42-88-48-54-96-75-33-17-63(56-79-75)71-7-4-6-70(80-71)62-16-32-74(78-55-62)95-36-34-57/h4,6-33,55-57H,2-3,5,34-54H2,1H3/t57-/m0/s1.